The molecule has 150 valence electrons. The van der Waals surface area contributed by atoms with Gasteiger partial charge in [0.25, 0.3) is 5.91 Å². The lowest BCUT2D eigenvalue weighted by atomic mass is 10.2. The molecule has 0 aliphatic heterocycles. The molecule has 7 heteroatoms. The van der Waals surface area contributed by atoms with Crippen molar-refractivity contribution in [2.24, 2.45) is 0 Å². The molecule has 0 spiro atoms. The Bertz CT molecular complexity index is 989. The number of anilines is 2. The average Bonchev–Trinajstić information content (AvgIpc) is 2.69. The highest BCUT2D eigenvalue weighted by atomic mass is 19.1. The number of nitrogens with one attached hydrogen (secondary N) is 1. The number of carbonyl (C=O) groups excluding carboxylic acids is 1. The van der Waals surface area contributed by atoms with Gasteiger partial charge in [-0.3, -0.25) is 4.79 Å². The Hall–Kier alpha value is -3.35. The standard InChI is InChI=1S/C22H22F2N4O/c1-14(2)28(13-16-8-5-4-6-9-16)22-25-15(3)12-19(26-22)21(29)27-20-17(23)10-7-11-18(20)24/h4-12,14H,13H2,1-3H3,(H,27,29). The molecule has 1 heterocycles. The maximum atomic E-state index is 13.9. The van der Waals surface area contributed by atoms with Crippen LogP contribution in [-0.2, 0) is 6.54 Å². The van der Waals surface area contributed by atoms with E-state index in [-0.39, 0.29) is 11.7 Å². The van der Waals surface area contributed by atoms with Crippen molar-refractivity contribution in [1.82, 2.24) is 9.97 Å². The molecule has 5 nitrogen and oxygen atoms in total. The maximum absolute atomic E-state index is 13.9. The number of hydrogen-bond acceptors (Lipinski definition) is 4. The zero-order valence-corrected chi connectivity index (χ0v) is 16.5. The van der Waals surface area contributed by atoms with Gasteiger partial charge in [0.1, 0.15) is 23.0 Å². The van der Waals surface area contributed by atoms with Gasteiger partial charge in [-0.2, -0.15) is 0 Å². The highest BCUT2D eigenvalue weighted by Gasteiger charge is 2.19. The Morgan fingerprint density at radius 2 is 1.69 bits per heavy atom. The minimum atomic E-state index is -0.850. The quantitative estimate of drug-likeness (QED) is 0.654. The summed E-state index contributed by atoms with van der Waals surface area (Å²) in [6.07, 6.45) is 0. The van der Waals surface area contributed by atoms with Gasteiger partial charge < -0.3 is 10.2 Å². The SMILES string of the molecule is Cc1cc(C(=O)Nc2c(F)cccc2F)nc(N(Cc2ccccc2)C(C)C)n1. The van der Waals surface area contributed by atoms with Crippen LogP contribution in [0.4, 0.5) is 20.4 Å². The van der Waals surface area contributed by atoms with Gasteiger partial charge in [0.15, 0.2) is 0 Å². The van der Waals surface area contributed by atoms with E-state index in [9.17, 15) is 13.6 Å². The largest absolute Gasteiger partial charge is 0.334 e. The molecule has 29 heavy (non-hydrogen) atoms. The molecule has 0 saturated heterocycles. The first-order valence-electron chi connectivity index (χ1n) is 9.26. The Balaban J connectivity index is 1.91. The van der Waals surface area contributed by atoms with E-state index in [1.54, 1.807) is 6.92 Å². The van der Waals surface area contributed by atoms with E-state index in [2.05, 4.69) is 15.3 Å². The molecule has 0 unspecified atom stereocenters. The predicted molar refractivity (Wildman–Crippen MR) is 109 cm³/mol. The van der Waals surface area contributed by atoms with Crippen molar-refractivity contribution in [2.45, 2.75) is 33.4 Å². The van der Waals surface area contributed by atoms with Crippen LogP contribution < -0.4 is 10.2 Å². The number of benzene rings is 2. The van der Waals surface area contributed by atoms with Gasteiger partial charge in [0.05, 0.1) is 0 Å². The molecule has 0 saturated carbocycles. The van der Waals surface area contributed by atoms with Gasteiger partial charge in [-0.1, -0.05) is 36.4 Å². The molecule has 0 radical (unpaired) electrons. The predicted octanol–water partition coefficient (Wildman–Crippen LogP) is 4.73. The number of para-hydroxylation sites is 1. The number of carbonyl (C=O) groups is 1. The Morgan fingerprint density at radius 3 is 2.31 bits per heavy atom. The fraction of sp³-hybridized carbons (Fsp3) is 0.227. The van der Waals surface area contributed by atoms with Crippen molar-refractivity contribution in [3.05, 3.63) is 83.2 Å². The summed E-state index contributed by atoms with van der Waals surface area (Å²) in [7, 11) is 0. The fourth-order valence-corrected chi connectivity index (χ4v) is 2.86. The summed E-state index contributed by atoms with van der Waals surface area (Å²) in [5.41, 5.74) is 1.19. The van der Waals surface area contributed by atoms with E-state index in [1.165, 1.54) is 12.1 Å². The van der Waals surface area contributed by atoms with Gasteiger partial charge in [-0.25, -0.2) is 18.7 Å². The Kier molecular flexibility index (Phi) is 6.16. The summed E-state index contributed by atoms with van der Waals surface area (Å²) in [6.45, 7) is 6.31. The minimum Gasteiger partial charge on any atom is -0.334 e. The molecule has 2 aromatic carbocycles. The number of halogens is 2. The molecule has 0 aliphatic rings. The van der Waals surface area contributed by atoms with Crippen molar-refractivity contribution >= 4 is 17.5 Å². The van der Waals surface area contributed by atoms with E-state index >= 15 is 0 Å². The van der Waals surface area contributed by atoms with E-state index in [0.29, 0.717) is 18.2 Å². The van der Waals surface area contributed by atoms with Crippen molar-refractivity contribution in [3.8, 4) is 0 Å². The van der Waals surface area contributed by atoms with E-state index in [1.807, 2.05) is 49.1 Å². The second-order valence-electron chi connectivity index (χ2n) is 6.95. The zero-order chi connectivity index (χ0) is 21.0. The third-order valence-corrected chi connectivity index (χ3v) is 4.35. The van der Waals surface area contributed by atoms with Gasteiger partial charge >= 0.3 is 0 Å². The van der Waals surface area contributed by atoms with Crippen LogP contribution in [0.1, 0.15) is 35.6 Å². The van der Waals surface area contributed by atoms with Gasteiger partial charge in [-0.05, 0) is 44.5 Å². The molecule has 0 atom stereocenters. The van der Waals surface area contributed by atoms with Crippen molar-refractivity contribution in [1.29, 1.82) is 0 Å². The van der Waals surface area contributed by atoms with Crippen molar-refractivity contribution in [3.63, 3.8) is 0 Å². The summed E-state index contributed by atoms with van der Waals surface area (Å²) in [5, 5.41) is 2.27. The van der Waals surface area contributed by atoms with Crippen LogP contribution in [0.3, 0.4) is 0 Å². The molecule has 1 aromatic heterocycles. The third kappa shape index (κ3) is 4.93. The number of rotatable bonds is 6. The lowest BCUT2D eigenvalue weighted by Gasteiger charge is -2.27. The third-order valence-electron chi connectivity index (χ3n) is 4.35. The topological polar surface area (TPSA) is 58.1 Å². The average molecular weight is 396 g/mol. The summed E-state index contributed by atoms with van der Waals surface area (Å²) in [5.74, 6) is -2.03. The van der Waals surface area contributed by atoms with Gasteiger partial charge in [-0.15, -0.1) is 0 Å². The summed E-state index contributed by atoms with van der Waals surface area (Å²) in [6, 6.07) is 14.8. The van der Waals surface area contributed by atoms with Gasteiger partial charge in [0.2, 0.25) is 5.95 Å². The van der Waals surface area contributed by atoms with Crippen molar-refractivity contribution < 1.29 is 13.6 Å². The summed E-state index contributed by atoms with van der Waals surface area (Å²) in [4.78, 5) is 23.4. The number of hydrogen-bond donors (Lipinski definition) is 1. The molecular weight excluding hydrogens is 374 g/mol. The van der Waals surface area contributed by atoms with Crippen LogP contribution in [0, 0.1) is 18.6 Å². The second kappa shape index (κ2) is 8.77. The van der Waals surface area contributed by atoms with Crippen LogP contribution in [0.25, 0.3) is 0 Å². The van der Waals surface area contributed by atoms with Crippen LogP contribution in [0.15, 0.2) is 54.6 Å². The maximum Gasteiger partial charge on any atom is 0.274 e. The summed E-state index contributed by atoms with van der Waals surface area (Å²) < 4.78 is 27.7. The lowest BCUT2D eigenvalue weighted by Crippen LogP contribution is -2.32. The highest BCUT2D eigenvalue weighted by molar-refractivity contribution is 6.03. The Labute approximate surface area is 168 Å². The number of amides is 1. The lowest BCUT2D eigenvalue weighted by molar-refractivity contribution is 0.102. The van der Waals surface area contributed by atoms with E-state index in [4.69, 9.17) is 0 Å². The molecule has 1 amide bonds. The first-order valence-corrected chi connectivity index (χ1v) is 9.26. The fourth-order valence-electron chi connectivity index (χ4n) is 2.86. The smallest absolute Gasteiger partial charge is 0.274 e. The Morgan fingerprint density at radius 1 is 1.03 bits per heavy atom. The molecule has 3 rings (SSSR count). The van der Waals surface area contributed by atoms with Crippen LogP contribution in [-0.4, -0.2) is 21.9 Å². The molecule has 0 bridgehead atoms. The van der Waals surface area contributed by atoms with Gasteiger partial charge in [0, 0.05) is 18.3 Å². The van der Waals surface area contributed by atoms with E-state index in [0.717, 1.165) is 17.7 Å². The van der Waals surface area contributed by atoms with Crippen molar-refractivity contribution in [2.75, 3.05) is 10.2 Å². The van der Waals surface area contributed by atoms with Crippen LogP contribution >= 0.6 is 0 Å². The molecular formula is C22H22F2N4O. The van der Waals surface area contributed by atoms with E-state index < -0.39 is 23.2 Å². The summed E-state index contributed by atoms with van der Waals surface area (Å²) >= 11 is 0. The second-order valence-corrected chi connectivity index (χ2v) is 6.95. The first kappa shape index (κ1) is 20.4. The van der Waals surface area contributed by atoms with Crippen LogP contribution in [0.5, 0.6) is 0 Å². The highest BCUT2D eigenvalue weighted by Crippen LogP contribution is 2.21. The number of aromatic nitrogens is 2. The zero-order valence-electron chi connectivity index (χ0n) is 16.5. The molecule has 3 aromatic rings. The monoisotopic (exact) mass is 396 g/mol. The number of nitrogens with zero attached hydrogens (tertiary/aromatic N) is 3. The number of aryl methyl sites for hydroxylation is 1. The molecule has 1 N–H and O–H groups in total. The first-order chi connectivity index (χ1) is 13.8. The normalized spacial score (nSPS) is 10.8. The molecule has 0 fully saturated rings. The molecule has 0 aliphatic carbocycles. The minimum absolute atomic E-state index is 0.0360. The van der Waals surface area contributed by atoms with Crippen LogP contribution in [0.2, 0.25) is 0 Å².